The normalized spacial score (nSPS) is 18.2. The topological polar surface area (TPSA) is 81.2 Å². The van der Waals surface area contributed by atoms with E-state index < -0.39 is 18.0 Å². The van der Waals surface area contributed by atoms with Crippen molar-refractivity contribution in [2.75, 3.05) is 44.7 Å². The maximum Gasteiger partial charge on any atom is 0.327 e. The Morgan fingerprint density at radius 3 is 2.43 bits per heavy atom. The monoisotopic (exact) mass is 317 g/mol. The van der Waals surface area contributed by atoms with E-state index in [0.29, 0.717) is 31.1 Å². The van der Waals surface area contributed by atoms with E-state index in [1.807, 2.05) is 13.8 Å². The van der Waals surface area contributed by atoms with Gasteiger partial charge in [0.05, 0.1) is 0 Å². The lowest BCUT2D eigenvalue weighted by Crippen LogP contribution is -2.55. The molecule has 0 aromatic carbocycles. The molecule has 1 aliphatic rings. The fraction of sp³-hybridized carbons (Fsp3) is 0.769. The van der Waals surface area contributed by atoms with Crippen LogP contribution in [-0.2, 0) is 9.59 Å². The molecule has 8 heteroatoms. The first-order valence-electron chi connectivity index (χ1n) is 7.02. The van der Waals surface area contributed by atoms with Gasteiger partial charge in [0.2, 0.25) is 5.91 Å². The van der Waals surface area contributed by atoms with Gasteiger partial charge in [-0.15, -0.1) is 0 Å². The van der Waals surface area contributed by atoms with Gasteiger partial charge in [-0.3, -0.25) is 4.79 Å². The molecule has 1 atom stereocenters. The van der Waals surface area contributed by atoms with Crippen LogP contribution in [0.3, 0.4) is 0 Å². The molecule has 1 saturated heterocycles. The SMILES string of the molecule is CCN(CC)C(=O)CN(C)C(=O)N1CCSCC1C(=O)O. The molecule has 0 aromatic rings. The number of carboxylic acids is 1. The number of likely N-dealkylation sites (N-methyl/N-ethyl adjacent to an activating group) is 2. The first-order valence-corrected chi connectivity index (χ1v) is 8.17. The number of carboxylic acid groups (broad SMARTS) is 1. The first kappa shape index (κ1) is 17.6. The summed E-state index contributed by atoms with van der Waals surface area (Å²) in [5.41, 5.74) is 0. The minimum atomic E-state index is -1.00. The van der Waals surface area contributed by atoms with Crippen molar-refractivity contribution in [3.8, 4) is 0 Å². The van der Waals surface area contributed by atoms with Gasteiger partial charge >= 0.3 is 12.0 Å². The fourth-order valence-corrected chi connectivity index (χ4v) is 3.24. The third kappa shape index (κ3) is 4.52. The van der Waals surface area contributed by atoms with Crippen LogP contribution < -0.4 is 0 Å². The van der Waals surface area contributed by atoms with E-state index in [2.05, 4.69) is 0 Å². The maximum atomic E-state index is 12.4. The highest BCUT2D eigenvalue weighted by Gasteiger charge is 2.34. The van der Waals surface area contributed by atoms with E-state index in [1.54, 1.807) is 4.90 Å². The van der Waals surface area contributed by atoms with Gasteiger partial charge < -0.3 is 19.8 Å². The number of carbonyl (C=O) groups is 3. The van der Waals surface area contributed by atoms with Gasteiger partial charge in [-0.05, 0) is 13.8 Å². The zero-order valence-electron chi connectivity index (χ0n) is 12.7. The Hall–Kier alpha value is -1.44. The Bertz CT molecular complexity index is 401. The highest BCUT2D eigenvalue weighted by Crippen LogP contribution is 2.18. The molecule has 120 valence electrons. The van der Waals surface area contributed by atoms with Gasteiger partial charge in [-0.25, -0.2) is 9.59 Å². The Labute approximate surface area is 129 Å². The summed E-state index contributed by atoms with van der Waals surface area (Å²) in [5.74, 6) is -0.0279. The zero-order valence-corrected chi connectivity index (χ0v) is 13.6. The molecule has 0 radical (unpaired) electrons. The Morgan fingerprint density at radius 1 is 1.29 bits per heavy atom. The van der Waals surface area contributed by atoms with E-state index in [0.717, 1.165) is 0 Å². The van der Waals surface area contributed by atoms with Crippen LogP contribution >= 0.6 is 11.8 Å². The van der Waals surface area contributed by atoms with Crippen LogP contribution in [0.1, 0.15) is 13.8 Å². The third-order valence-corrected chi connectivity index (χ3v) is 4.50. The minimum Gasteiger partial charge on any atom is -0.480 e. The first-order chi connectivity index (χ1) is 9.92. The third-order valence-electron chi connectivity index (χ3n) is 3.47. The lowest BCUT2D eigenvalue weighted by Gasteiger charge is -2.35. The summed E-state index contributed by atoms with van der Waals surface area (Å²) in [7, 11) is 1.53. The number of hydrogen-bond acceptors (Lipinski definition) is 4. The maximum absolute atomic E-state index is 12.4. The molecular formula is C13H23N3O4S. The van der Waals surface area contributed by atoms with Crippen LogP contribution in [0.25, 0.3) is 0 Å². The molecule has 7 nitrogen and oxygen atoms in total. The number of hydrogen-bond donors (Lipinski definition) is 1. The molecule has 0 spiro atoms. The molecule has 1 heterocycles. The lowest BCUT2D eigenvalue weighted by atomic mass is 10.3. The second-order valence-corrected chi connectivity index (χ2v) is 5.98. The van der Waals surface area contributed by atoms with Gasteiger partial charge in [0.15, 0.2) is 0 Å². The quantitative estimate of drug-likeness (QED) is 0.794. The van der Waals surface area contributed by atoms with Crippen molar-refractivity contribution in [2.24, 2.45) is 0 Å². The highest BCUT2D eigenvalue weighted by atomic mass is 32.2. The van der Waals surface area contributed by atoms with Crippen LogP contribution in [0.5, 0.6) is 0 Å². The Morgan fingerprint density at radius 2 is 1.90 bits per heavy atom. The molecule has 1 aliphatic heterocycles. The summed E-state index contributed by atoms with van der Waals surface area (Å²) in [4.78, 5) is 39.9. The Kier molecular flexibility index (Phi) is 6.80. The van der Waals surface area contributed by atoms with Gasteiger partial charge in [0.1, 0.15) is 12.6 Å². The highest BCUT2D eigenvalue weighted by molar-refractivity contribution is 7.99. The standard InChI is InChI=1S/C13H23N3O4S/c1-4-15(5-2)11(17)8-14(3)13(20)16-6-7-21-9-10(16)12(18)19/h10H,4-9H2,1-3H3,(H,18,19). The van der Waals surface area contributed by atoms with Crippen molar-refractivity contribution in [3.05, 3.63) is 0 Å². The van der Waals surface area contributed by atoms with E-state index in [1.165, 1.54) is 28.6 Å². The van der Waals surface area contributed by atoms with Crippen molar-refractivity contribution in [1.82, 2.24) is 14.7 Å². The molecular weight excluding hydrogens is 294 g/mol. The van der Waals surface area contributed by atoms with E-state index in [4.69, 9.17) is 0 Å². The number of rotatable bonds is 5. The second-order valence-electron chi connectivity index (χ2n) is 4.83. The predicted molar refractivity (Wildman–Crippen MR) is 81.4 cm³/mol. The summed E-state index contributed by atoms with van der Waals surface area (Å²) in [6.07, 6.45) is 0. The molecule has 1 N–H and O–H groups in total. The summed E-state index contributed by atoms with van der Waals surface area (Å²) >= 11 is 1.52. The number of amides is 3. The van der Waals surface area contributed by atoms with Crippen LogP contribution in [0.2, 0.25) is 0 Å². The number of thioether (sulfide) groups is 1. The van der Waals surface area contributed by atoms with Crippen LogP contribution in [-0.4, -0.2) is 88.5 Å². The fourth-order valence-electron chi connectivity index (χ4n) is 2.20. The summed E-state index contributed by atoms with van der Waals surface area (Å²) in [5, 5.41) is 9.18. The van der Waals surface area contributed by atoms with E-state index in [9.17, 15) is 19.5 Å². The van der Waals surface area contributed by atoms with Crippen LogP contribution in [0, 0.1) is 0 Å². The Balaban J connectivity index is 2.68. The van der Waals surface area contributed by atoms with Gasteiger partial charge in [0.25, 0.3) is 0 Å². The van der Waals surface area contributed by atoms with E-state index >= 15 is 0 Å². The molecule has 1 unspecified atom stereocenters. The molecule has 3 amide bonds. The molecule has 0 aromatic heterocycles. The number of carbonyl (C=O) groups excluding carboxylic acids is 2. The average molecular weight is 317 g/mol. The molecule has 21 heavy (non-hydrogen) atoms. The summed E-state index contributed by atoms with van der Waals surface area (Å²) < 4.78 is 0. The average Bonchev–Trinajstić information content (AvgIpc) is 2.47. The van der Waals surface area contributed by atoms with Crippen molar-refractivity contribution >= 4 is 29.7 Å². The number of aliphatic carboxylic acids is 1. The largest absolute Gasteiger partial charge is 0.480 e. The van der Waals surface area contributed by atoms with Crippen molar-refractivity contribution in [1.29, 1.82) is 0 Å². The molecule has 0 bridgehead atoms. The number of urea groups is 1. The number of nitrogens with zero attached hydrogens (tertiary/aromatic N) is 3. The molecule has 0 saturated carbocycles. The van der Waals surface area contributed by atoms with Gasteiger partial charge in [-0.1, -0.05) is 0 Å². The van der Waals surface area contributed by atoms with Crippen molar-refractivity contribution in [3.63, 3.8) is 0 Å². The summed E-state index contributed by atoms with van der Waals surface area (Å²) in [6.45, 7) is 5.31. The second kappa shape index (κ2) is 8.11. The van der Waals surface area contributed by atoms with Crippen molar-refractivity contribution < 1.29 is 19.5 Å². The van der Waals surface area contributed by atoms with Crippen molar-refractivity contribution in [2.45, 2.75) is 19.9 Å². The zero-order chi connectivity index (χ0) is 16.0. The lowest BCUT2D eigenvalue weighted by molar-refractivity contribution is -0.141. The minimum absolute atomic E-state index is 0.0313. The van der Waals surface area contributed by atoms with Gasteiger partial charge in [-0.2, -0.15) is 11.8 Å². The smallest absolute Gasteiger partial charge is 0.327 e. The molecule has 1 rings (SSSR count). The van der Waals surface area contributed by atoms with Crippen LogP contribution in [0.15, 0.2) is 0 Å². The molecule has 0 aliphatic carbocycles. The van der Waals surface area contributed by atoms with Crippen LogP contribution in [0.4, 0.5) is 4.79 Å². The molecule has 1 fully saturated rings. The predicted octanol–water partition coefficient (Wildman–Crippen LogP) is 0.409. The van der Waals surface area contributed by atoms with E-state index in [-0.39, 0.29) is 12.5 Å². The summed E-state index contributed by atoms with van der Waals surface area (Å²) in [6, 6.07) is -1.22. The van der Waals surface area contributed by atoms with Gasteiger partial charge in [0, 0.05) is 38.2 Å².